The zero-order valence-electron chi connectivity index (χ0n) is 9.49. The molecule has 1 aromatic carbocycles. The molecule has 2 heteroatoms. The van der Waals surface area contributed by atoms with E-state index in [0.717, 1.165) is 18.8 Å². The van der Waals surface area contributed by atoms with Crippen LogP contribution in [-0.4, -0.2) is 19.7 Å². The lowest BCUT2D eigenvalue weighted by Gasteiger charge is -2.02. The average molecular weight is 205 g/mol. The normalized spacial score (nSPS) is 10.8. The average Bonchev–Trinajstić information content (AvgIpc) is 2.26. The van der Waals surface area contributed by atoms with Crippen molar-refractivity contribution < 1.29 is 4.74 Å². The van der Waals surface area contributed by atoms with E-state index in [2.05, 4.69) is 37.4 Å². The fraction of sp³-hybridized carbons (Fsp3) is 0.385. The monoisotopic (exact) mass is 205 g/mol. The van der Waals surface area contributed by atoms with Gasteiger partial charge < -0.3 is 10.1 Å². The minimum Gasteiger partial charge on any atom is -0.490 e. The summed E-state index contributed by atoms with van der Waals surface area (Å²) in [4.78, 5) is 0. The number of ether oxygens (including phenoxy) is 1. The molecule has 1 N–H and O–H groups in total. The molecule has 0 unspecified atom stereocenters. The standard InChI is InChI=1S/C13H19NO/c1-3-14-10-4-5-11-15-13-8-6-12(2)7-9-13/h4-9,14H,3,10-11H2,1-2H3. The molecular formula is C13H19NO. The summed E-state index contributed by atoms with van der Waals surface area (Å²) in [7, 11) is 0. The van der Waals surface area contributed by atoms with E-state index in [1.807, 2.05) is 18.2 Å². The van der Waals surface area contributed by atoms with Gasteiger partial charge in [-0.25, -0.2) is 0 Å². The molecule has 0 aromatic heterocycles. The van der Waals surface area contributed by atoms with Gasteiger partial charge in [0.25, 0.3) is 0 Å². The molecule has 0 aliphatic heterocycles. The van der Waals surface area contributed by atoms with Gasteiger partial charge in [0, 0.05) is 6.54 Å². The van der Waals surface area contributed by atoms with E-state index >= 15 is 0 Å². The van der Waals surface area contributed by atoms with Crippen molar-refractivity contribution in [2.24, 2.45) is 0 Å². The molecule has 0 aliphatic rings. The van der Waals surface area contributed by atoms with Crippen molar-refractivity contribution in [2.75, 3.05) is 19.7 Å². The maximum atomic E-state index is 5.53. The van der Waals surface area contributed by atoms with Crippen molar-refractivity contribution in [3.8, 4) is 5.75 Å². The minimum atomic E-state index is 0.633. The van der Waals surface area contributed by atoms with E-state index in [-0.39, 0.29) is 0 Å². The minimum absolute atomic E-state index is 0.633. The first-order valence-corrected chi connectivity index (χ1v) is 5.38. The predicted octanol–water partition coefficient (Wildman–Crippen LogP) is 2.54. The largest absolute Gasteiger partial charge is 0.490 e. The molecule has 0 amide bonds. The first-order valence-electron chi connectivity index (χ1n) is 5.38. The Bertz CT molecular complexity index is 290. The van der Waals surface area contributed by atoms with Gasteiger partial charge in [0.2, 0.25) is 0 Å². The molecule has 0 radical (unpaired) electrons. The molecule has 15 heavy (non-hydrogen) atoms. The van der Waals surface area contributed by atoms with Crippen LogP contribution >= 0.6 is 0 Å². The smallest absolute Gasteiger partial charge is 0.119 e. The highest BCUT2D eigenvalue weighted by molar-refractivity contribution is 5.26. The third kappa shape index (κ3) is 5.23. The molecule has 82 valence electrons. The van der Waals surface area contributed by atoms with Gasteiger partial charge in [0.05, 0.1) is 0 Å². The van der Waals surface area contributed by atoms with E-state index in [9.17, 15) is 0 Å². The lowest BCUT2D eigenvalue weighted by atomic mass is 10.2. The zero-order chi connectivity index (χ0) is 10.9. The molecule has 0 saturated carbocycles. The van der Waals surface area contributed by atoms with Crippen LogP contribution in [-0.2, 0) is 0 Å². The fourth-order valence-corrected chi connectivity index (χ4v) is 1.16. The van der Waals surface area contributed by atoms with Crippen molar-refractivity contribution in [1.29, 1.82) is 0 Å². The van der Waals surface area contributed by atoms with Gasteiger partial charge in [-0.3, -0.25) is 0 Å². The van der Waals surface area contributed by atoms with Gasteiger partial charge in [-0.05, 0) is 25.6 Å². The van der Waals surface area contributed by atoms with Gasteiger partial charge in [-0.1, -0.05) is 36.8 Å². The number of nitrogens with one attached hydrogen (secondary N) is 1. The summed E-state index contributed by atoms with van der Waals surface area (Å²) in [6.07, 6.45) is 4.11. The van der Waals surface area contributed by atoms with Gasteiger partial charge in [-0.2, -0.15) is 0 Å². The summed E-state index contributed by atoms with van der Waals surface area (Å²) in [6, 6.07) is 8.09. The van der Waals surface area contributed by atoms with Crippen molar-refractivity contribution in [3.05, 3.63) is 42.0 Å². The Morgan fingerprint density at radius 3 is 2.60 bits per heavy atom. The summed E-state index contributed by atoms with van der Waals surface area (Å²) >= 11 is 0. The Kier molecular flexibility index (Phi) is 5.56. The molecule has 0 fully saturated rings. The number of hydrogen-bond acceptors (Lipinski definition) is 2. The predicted molar refractivity (Wildman–Crippen MR) is 64.4 cm³/mol. The number of likely N-dealkylation sites (N-methyl/N-ethyl adjacent to an activating group) is 1. The Balaban J connectivity index is 2.20. The lowest BCUT2D eigenvalue weighted by molar-refractivity contribution is 0.362. The molecule has 1 rings (SSSR count). The SMILES string of the molecule is CCNCC=CCOc1ccc(C)cc1. The topological polar surface area (TPSA) is 21.3 Å². The number of hydrogen-bond donors (Lipinski definition) is 1. The van der Waals surface area contributed by atoms with Crippen molar-refractivity contribution in [3.63, 3.8) is 0 Å². The second kappa shape index (κ2) is 7.07. The van der Waals surface area contributed by atoms with E-state index < -0.39 is 0 Å². The van der Waals surface area contributed by atoms with Crippen LogP contribution in [0.2, 0.25) is 0 Å². The Hall–Kier alpha value is -1.28. The van der Waals surface area contributed by atoms with Crippen LogP contribution in [0, 0.1) is 6.92 Å². The van der Waals surface area contributed by atoms with E-state index in [1.165, 1.54) is 5.56 Å². The quantitative estimate of drug-likeness (QED) is 0.569. The zero-order valence-corrected chi connectivity index (χ0v) is 9.49. The Morgan fingerprint density at radius 2 is 1.93 bits per heavy atom. The van der Waals surface area contributed by atoms with Crippen LogP contribution in [0.3, 0.4) is 0 Å². The van der Waals surface area contributed by atoms with E-state index in [1.54, 1.807) is 0 Å². The van der Waals surface area contributed by atoms with Crippen LogP contribution in [0.4, 0.5) is 0 Å². The number of benzene rings is 1. The first-order chi connectivity index (χ1) is 7.33. The summed E-state index contributed by atoms with van der Waals surface area (Å²) < 4.78 is 5.53. The van der Waals surface area contributed by atoms with Crippen molar-refractivity contribution >= 4 is 0 Å². The lowest BCUT2D eigenvalue weighted by Crippen LogP contribution is -2.11. The molecule has 0 spiro atoms. The van der Waals surface area contributed by atoms with E-state index in [0.29, 0.717) is 6.61 Å². The van der Waals surface area contributed by atoms with Crippen LogP contribution in [0.25, 0.3) is 0 Å². The molecule has 0 saturated heterocycles. The second-order valence-electron chi connectivity index (χ2n) is 3.40. The van der Waals surface area contributed by atoms with Gasteiger partial charge in [-0.15, -0.1) is 0 Å². The molecular weight excluding hydrogens is 186 g/mol. The maximum Gasteiger partial charge on any atom is 0.119 e. The molecule has 0 heterocycles. The van der Waals surface area contributed by atoms with Crippen LogP contribution in [0.5, 0.6) is 5.75 Å². The van der Waals surface area contributed by atoms with Gasteiger partial charge in [0.1, 0.15) is 12.4 Å². The first kappa shape index (κ1) is 11.8. The highest BCUT2D eigenvalue weighted by Crippen LogP contribution is 2.10. The van der Waals surface area contributed by atoms with Crippen LogP contribution < -0.4 is 10.1 Å². The summed E-state index contributed by atoms with van der Waals surface area (Å²) in [5, 5.41) is 3.21. The van der Waals surface area contributed by atoms with Crippen molar-refractivity contribution in [2.45, 2.75) is 13.8 Å². The summed E-state index contributed by atoms with van der Waals surface area (Å²) in [5.74, 6) is 0.925. The Labute approximate surface area is 92.0 Å². The second-order valence-corrected chi connectivity index (χ2v) is 3.40. The highest BCUT2D eigenvalue weighted by atomic mass is 16.5. The summed E-state index contributed by atoms with van der Waals surface area (Å²) in [6.45, 7) is 6.71. The van der Waals surface area contributed by atoms with Crippen molar-refractivity contribution in [1.82, 2.24) is 5.32 Å². The maximum absolute atomic E-state index is 5.53. The molecule has 0 aliphatic carbocycles. The summed E-state index contributed by atoms with van der Waals surface area (Å²) in [5.41, 5.74) is 1.25. The number of aryl methyl sites for hydroxylation is 1. The fourth-order valence-electron chi connectivity index (χ4n) is 1.16. The van der Waals surface area contributed by atoms with Crippen LogP contribution in [0.1, 0.15) is 12.5 Å². The van der Waals surface area contributed by atoms with E-state index in [4.69, 9.17) is 4.74 Å². The van der Waals surface area contributed by atoms with Gasteiger partial charge >= 0.3 is 0 Å². The number of rotatable bonds is 6. The molecule has 2 nitrogen and oxygen atoms in total. The highest BCUT2D eigenvalue weighted by Gasteiger charge is 1.89. The Morgan fingerprint density at radius 1 is 1.20 bits per heavy atom. The van der Waals surface area contributed by atoms with Crippen LogP contribution in [0.15, 0.2) is 36.4 Å². The molecule has 1 aromatic rings. The third-order valence-corrected chi connectivity index (χ3v) is 2.05. The molecule has 0 bridgehead atoms. The van der Waals surface area contributed by atoms with Gasteiger partial charge in [0.15, 0.2) is 0 Å². The third-order valence-electron chi connectivity index (χ3n) is 2.05. The molecule has 0 atom stereocenters.